The van der Waals surface area contributed by atoms with Crippen molar-refractivity contribution < 1.29 is 8.81 Å². The zero-order valence-electron chi connectivity index (χ0n) is 12.1. The van der Waals surface area contributed by atoms with E-state index in [9.17, 15) is 4.39 Å². The Balaban J connectivity index is 2.59. The van der Waals surface area contributed by atoms with E-state index in [4.69, 9.17) is 4.42 Å². The fourth-order valence-corrected chi connectivity index (χ4v) is 2.61. The molecule has 19 heavy (non-hydrogen) atoms. The van der Waals surface area contributed by atoms with Gasteiger partial charge in [0.1, 0.15) is 17.3 Å². The first-order valence-corrected chi connectivity index (χ1v) is 6.45. The molecule has 102 valence electrons. The number of rotatable bonds is 3. The van der Waals surface area contributed by atoms with Gasteiger partial charge in [0.05, 0.1) is 6.04 Å². The molecule has 1 N–H and O–H groups in total. The van der Waals surface area contributed by atoms with E-state index in [-0.39, 0.29) is 11.9 Å². The summed E-state index contributed by atoms with van der Waals surface area (Å²) < 4.78 is 19.2. The third kappa shape index (κ3) is 2.43. The first-order chi connectivity index (χ1) is 8.95. The first kappa shape index (κ1) is 13.8. The van der Waals surface area contributed by atoms with E-state index in [2.05, 4.69) is 5.32 Å². The molecule has 0 aliphatic rings. The summed E-state index contributed by atoms with van der Waals surface area (Å²) in [6, 6.07) is 4.85. The van der Waals surface area contributed by atoms with E-state index in [1.54, 1.807) is 6.07 Å². The molecule has 0 fully saturated rings. The average Bonchev–Trinajstić information content (AvgIpc) is 2.61. The van der Waals surface area contributed by atoms with Gasteiger partial charge >= 0.3 is 0 Å². The Hall–Kier alpha value is -1.61. The van der Waals surface area contributed by atoms with Crippen LogP contribution in [0.25, 0.3) is 0 Å². The zero-order valence-corrected chi connectivity index (χ0v) is 12.1. The molecule has 2 rings (SSSR count). The lowest BCUT2D eigenvalue weighted by atomic mass is 9.92. The molecule has 0 saturated heterocycles. The topological polar surface area (TPSA) is 25.2 Å². The van der Waals surface area contributed by atoms with Crippen LogP contribution >= 0.6 is 0 Å². The second kappa shape index (κ2) is 5.17. The molecule has 0 radical (unpaired) electrons. The van der Waals surface area contributed by atoms with E-state index < -0.39 is 0 Å². The highest BCUT2D eigenvalue weighted by Crippen LogP contribution is 2.32. The Morgan fingerprint density at radius 3 is 2.32 bits per heavy atom. The molecule has 0 amide bonds. The van der Waals surface area contributed by atoms with Crippen LogP contribution in [0.4, 0.5) is 4.39 Å². The van der Waals surface area contributed by atoms with Crippen LogP contribution in [-0.2, 0) is 0 Å². The van der Waals surface area contributed by atoms with Crippen molar-refractivity contribution in [2.24, 2.45) is 0 Å². The monoisotopic (exact) mass is 261 g/mol. The highest BCUT2D eigenvalue weighted by Gasteiger charge is 2.22. The van der Waals surface area contributed by atoms with Crippen LogP contribution in [0.3, 0.4) is 0 Å². The summed E-state index contributed by atoms with van der Waals surface area (Å²) in [5.41, 5.74) is 4.25. The number of nitrogens with one attached hydrogen (secondary N) is 1. The van der Waals surface area contributed by atoms with Crippen LogP contribution in [0.1, 0.15) is 39.8 Å². The van der Waals surface area contributed by atoms with Gasteiger partial charge in [-0.3, -0.25) is 0 Å². The van der Waals surface area contributed by atoms with Gasteiger partial charge in [-0.25, -0.2) is 4.39 Å². The lowest BCUT2D eigenvalue weighted by Crippen LogP contribution is -2.20. The van der Waals surface area contributed by atoms with Crippen LogP contribution < -0.4 is 5.32 Å². The third-order valence-corrected chi connectivity index (χ3v) is 3.75. The minimum absolute atomic E-state index is 0.0480. The van der Waals surface area contributed by atoms with Crippen LogP contribution in [0.2, 0.25) is 0 Å². The molecule has 3 heteroatoms. The SMILES string of the molecule is CNC(c1cc(F)ccc1C)c1c(C)oc(C)c1C. The summed E-state index contributed by atoms with van der Waals surface area (Å²) in [5.74, 6) is 1.59. The Labute approximate surface area is 113 Å². The van der Waals surface area contributed by atoms with Crippen molar-refractivity contribution in [2.45, 2.75) is 33.7 Å². The fraction of sp³-hybridized carbons (Fsp3) is 0.375. The number of halogens is 1. The minimum atomic E-state index is -0.212. The summed E-state index contributed by atoms with van der Waals surface area (Å²) in [5, 5.41) is 3.27. The van der Waals surface area contributed by atoms with Crippen LogP contribution in [0.5, 0.6) is 0 Å². The van der Waals surface area contributed by atoms with E-state index >= 15 is 0 Å². The van der Waals surface area contributed by atoms with E-state index in [0.29, 0.717) is 0 Å². The summed E-state index contributed by atoms with van der Waals surface area (Å²) >= 11 is 0. The van der Waals surface area contributed by atoms with E-state index in [0.717, 1.165) is 33.8 Å². The lowest BCUT2D eigenvalue weighted by molar-refractivity contribution is 0.495. The molecule has 1 heterocycles. The molecule has 0 spiro atoms. The van der Waals surface area contributed by atoms with Gasteiger partial charge in [-0.05, 0) is 63.6 Å². The number of hydrogen-bond acceptors (Lipinski definition) is 2. The highest BCUT2D eigenvalue weighted by molar-refractivity contribution is 5.43. The summed E-state index contributed by atoms with van der Waals surface area (Å²) in [6.45, 7) is 7.95. The molecule has 1 unspecified atom stereocenters. The number of hydrogen-bond donors (Lipinski definition) is 1. The van der Waals surface area contributed by atoms with Gasteiger partial charge in [0, 0.05) is 5.56 Å². The van der Waals surface area contributed by atoms with Crippen molar-refractivity contribution in [3.63, 3.8) is 0 Å². The first-order valence-electron chi connectivity index (χ1n) is 6.45. The smallest absolute Gasteiger partial charge is 0.123 e. The highest BCUT2D eigenvalue weighted by atomic mass is 19.1. The van der Waals surface area contributed by atoms with Crippen molar-refractivity contribution in [1.82, 2.24) is 5.32 Å². The summed E-state index contributed by atoms with van der Waals surface area (Å²) in [4.78, 5) is 0. The second-order valence-corrected chi connectivity index (χ2v) is 4.98. The third-order valence-electron chi connectivity index (χ3n) is 3.75. The van der Waals surface area contributed by atoms with Gasteiger partial charge in [0.15, 0.2) is 0 Å². The normalized spacial score (nSPS) is 12.7. The number of furan rings is 1. The second-order valence-electron chi connectivity index (χ2n) is 4.98. The van der Waals surface area contributed by atoms with Crippen LogP contribution in [0.15, 0.2) is 22.6 Å². The van der Waals surface area contributed by atoms with E-state index in [1.807, 2.05) is 40.8 Å². The maximum atomic E-state index is 13.5. The molecule has 1 aromatic heterocycles. The molecule has 0 aliphatic carbocycles. The molecule has 2 nitrogen and oxygen atoms in total. The maximum absolute atomic E-state index is 13.5. The van der Waals surface area contributed by atoms with Gasteiger partial charge in [0.2, 0.25) is 0 Å². The van der Waals surface area contributed by atoms with Gasteiger partial charge < -0.3 is 9.73 Å². The average molecular weight is 261 g/mol. The standard InChI is InChI=1S/C16H20FNO/c1-9-6-7-13(17)8-14(9)16(18-5)15-10(2)11(3)19-12(15)4/h6-8,16,18H,1-5H3. The van der Waals surface area contributed by atoms with Gasteiger partial charge in [-0.15, -0.1) is 0 Å². The minimum Gasteiger partial charge on any atom is -0.466 e. The molecular weight excluding hydrogens is 241 g/mol. The van der Waals surface area contributed by atoms with Crippen molar-refractivity contribution in [2.75, 3.05) is 7.05 Å². The lowest BCUT2D eigenvalue weighted by Gasteiger charge is -2.19. The Kier molecular flexibility index (Phi) is 3.76. The molecule has 0 bridgehead atoms. The van der Waals surface area contributed by atoms with Crippen molar-refractivity contribution >= 4 is 0 Å². The zero-order chi connectivity index (χ0) is 14.2. The molecule has 1 aromatic carbocycles. The Morgan fingerprint density at radius 2 is 1.79 bits per heavy atom. The molecule has 0 aliphatic heterocycles. The van der Waals surface area contributed by atoms with Crippen molar-refractivity contribution in [3.05, 3.63) is 57.8 Å². The quantitative estimate of drug-likeness (QED) is 0.904. The predicted octanol–water partition coefficient (Wildman–Crippen LogP) is 3.96. The largest absolute Gasteiger partial charge is 0.466 e. The molecule has 1 atom stereocenters. The van der Waals surface area contributed by atoms with Crippen molar-refractivity contribution in [1.29, 1.82) is 0 Å². The van der Waals surface area contributed by atoms with Gasteiger partial charge in [-0.1, -0.05) is 6.07 Å². The predicted molar refractivity (Wildman–Crippen MR) is 75.0 cm³/mol. The summed E-state index contributed by atoms with van der Waals surface area (Å²) in [6.07, 6.45) is 0. The fourth-order valence-electron chi connectivity index (χ4n) is 2.61. The van der Waals surface area contributed by atoms with Gasteiger partial charge in [-0.2, -0.15) is 0 Å². The Bertz CT molecular complexity index is 601. The van der Waals surface area contributed by atoms with Crippen molar-refractivity contribution in [3.8, 4) is 0 Å². The molecule has 0 saturated carbocycles. The number of benzene rings is 1. The summed E-state index contributed by atoms with van der Waals surface area (Å²) in [7, 11) is 1.89. The Morgan fingerprint density at radius 1 is 1.11 bits per heavy atom. The van der Waals surface area contributed by atoms with E-state index in [1.165, 1.54) is 6.07 Å². The molecular formula is C16H20FNO. The van der Waals surface area contributed by atoms with Gasteiger partial charge in [0.25, 0.3) is 0 Å². The maximum Gasteiger partial charge on any atom is 0.123 e. The molecule has 2 aromatic rings. The van der Waals surface area contributed by atoms with Crippen LogP contribution in [-0.4, -0.2) is 7.05 Å². The van der Waals surface area contributed by atoms with Crippen LogP contribution in [0, 0.1) is 33.5 Å². The number of aryl methyl sites for hydroxylation is 3.